The van der Waals surface area contributed by atoms with E-state index in [1.165, 1.54) is 6.07 Å². The maximum atomic E-state index is 11.6. The summed E-state index contributed by atoms with van der Waals surface area (Å²) in [5, 5.41) is 51.6. The third-order valence-electron chi connectivity index (χ3n) is 7.36. The molecule has 0 aliphatic rings. The van der Waals surface area contributed by atoms with Crippen molar-refractivity contribution in [3.8, 4) is 12.1 Å². The molecule has 0 aliphatic carbocycles. The van der Waals surface area contributed by atoms with Crippen LogP contribution in [0.15, 0.2) is 24.3 Å². The van der Waals surface area contributed by atoms with Gasteiger partial charge in [-0.1, -0.05) is 44.0 Å². The van der Waals surface area contributed by atoms with Gasteiger partial charge in [-0.15, -0.1) is 0 Å². The van der Waals surface area contributed by atoms with Gasteiger partial charge in [-0.05, 0) is 67.4 Å². The van der Waals surface area contributed by atoms with E-state index in [4.69, 9.17) is 48.4 Å². The van der Waals surface area contributed by atoms with Gasteiger partial charge < -0.3 is 30.4 Å². The van der Waals surface area contributed by atoms with E-state index in [-0.39, 0.29) is 18.1 Å². The van der Waals surface area contributed by atoms with Crippen molar-refractivity contribution in [2.45, 2.75) is 77.7 Å². The van der Waals surface area contributed by atoms with Gasteiger partial charge in [-0.2, -0.15) is 10.5 Å². The number of benzene rings is 2. The molecule has 0 radical (unpaired) electrons. The van der Waals surface area contributed by atoms with Crippen molar-refractivity contribution in [1.29, 1.82) is 10.5 Å². The first kappa shape index (κ1) is 37.7. The standard InChI is InChI=1S/C18H27ClN2O3Si.C12H13ClN2O3/c1-12-14(8-7-13(11-20)16(12)19)21-15(17(22)23)9-10-24-25(5,6)18(2,3)4;1-7-9(3-2-8(6-14)11(7)13)15-10(4-5-16)12(17)18/h7-8,15,21H,9-10H2,1-6H3,(H,22,23);2-3,10,15-16H,4-5H2,1H3,(H,17,18)/t15-;10-/m11/s1. The average Bonchev–Trinajstić information content (AvgIpc) is 2.92. The quantitative estimate of drug-likeness (QED) is 0.158. The van der Waals surface area contributed by atoms with E-state index in [2.05, 4.69) is 44.5 Å². The highest BCUT2D eigenvalue weighted by Gasteiger charge is 2.37. The predicted octanol–water partition coefficient (Wildman–Crippen LogP) is 6.56. The Morgan fingerprint density at radius 2 is 1.28 bits per heavy atom. The number of carbonyl (C=O) groups is 2. The van der Waals surface area contributed by atoms with Crippen molar-refractivity contribution in [1.82, 2.24) is 0 Å². The second kappa shape index (κ2) is 16.5. The molecule has 0 spiro atoms. The number of nitriles is 2. The first-order valence-corrected chi connectivity index (χ1v) is 17.2. The highest BCUT2D eigenvalue weighted by molar-refractivity contribution is 6.74. The first-order valence-electron chi connectivity index (χ1n) is 13.5. The third-order valence-corrected chi connectivity index (χ3v) is 12.9. The summed E-state index contributed by atoms with van der Waals surface area (Å²) in [6.07, 6.45) is 0.436. The van der Waals surface area contributed by atoms with Crippen LogP contribution in [0.25, 0.3) is 0 Å². The zero-order valence-corrected chi connectivity index (χ0v) is 28.0. The number of rotatable bonds is 12. The number of hydrogen-bond acceptors (Lipinski definition) is 8. The molecule has 234 valence electrons. The Kier molecular flexibility index (Phi) is 14.5. The summed E-state index contributed by atoms with van der Waals surface area (Å²) in [7, 11) is -1.91. The van der Waals surface area contributed by atoms with Gasteiger partial charge >= 0.3 is 11.9 Å². The minimum absolute atomic E-state index is 0.0797. The van der Waals surface area contributed by atoms with Crippen LogP contribution in [0.4, 0.5) is 11.4 Å². The number of aliphatic hydroxyl groups is 1. The Labute approximate surface area is 264 Å². The van der Waals surface area contributed by atoms with Gasteiger partial charge in [0.2, 0.25) is 0 Å². The Morgan fingerprint density at radius 1 is 0.884 bits per heavy atom. The van der Waals surface area contributed by atoms with Crippen LogP contribution in [-0.4, -0.2) is 60.9 Å². The van der Waals surface area contributed by atoms with E-state index >= 15 is 0 Å². The fourth-order valence-corrected chi connectivity index (χ4v) is 5.00. The molecule has 0 fully saturated rings. The topological polar surface area (TPSA) is 176 Å². The van der Waals surface area contributed by atoms with Gasteiger partial charge in [-0.25, -0.2) is 9.59 Å². The van der Waals surface area contributed by atoms with Gasteiger partial charge in [0.25, 0.3) is 0 Å². The minimum Gasteiger partial charge on any atom is -0.480 e. The summed E-state index contributed by atoms with van der Waals surface area (Å²) in [4.78, 5) is 22.5. The van der Waals surface area contributed by atoms with E-state index in [0.29, 0.717) is 56.7 Å². The third kappa shape index (κ3) is 10.7. The summed E-state index contributed by atoms with van der Waals surface area (Å²) < 4.78 is 6.07. The highest BCUT2D eigenvalue weighted by Crippen LogP contribution is 2.36. The van der Waals surface area contributed by atoms with Crippen molar-refractivity contribution in [2.24, 2.45) is 0 Å². The SMILES string of the molecule is Cc1c(N[C@H](CCO)C(=O)O)ccc(C#N)c1Cl.Cc1c(N[C@H](CCO[Si](C)(C)C(C)(C)C)C(=O)O)ccc(C#N)c1Cl. The molecule has 10 nitrogen and oxygen atoms in total. The zero-order valence-electron chi connectivity index (χ0n) is 25.5. The minimum atomic E-state index is -1.91. The highest BCUT2D eigenvalue weighted by atomic mass is 35.5. The van der Waals surface area contributed by atoms with E-state index in [0.717, 1.165) is 0 Å². The van der Waals surface area contributed by atoms with Gasteiger partial charge in [-0.3, -0.25) is 0 Å². The lowest BCUT2D eigenvalue weighted by Gasteiger charge is -2.36. The molecule has 2 rings (SSSR count). The van der Waals surface area contributed by atoms with E-state index in [9.17, 15) is 14.7 Å². The Bertz CT molecular complexity index is 1380. The summed E-state index contributed by atoms with van der Waals surface area (Å²) in [6.45, 7) is 14.3. The van der Waals surface area contributed by atoms with Crippen LogP contribution < -0.4 is 10.6 Å². The second-order valence-electron chi connectivity index (χ2n) is 11.4. The fraction of sp³-hybridized carbons (Fsp3) is 0.467. The number of nitrogens with one attached hydrogen (secondary N) is 2. The first-order chi connectivity index (χ1) is 19.9. The Hall–Kier alpha value is -3.32. The van der Waals surface area contributed by atoms with E-state index in [1.54, 1.807) is 32.0 Å². The molecule has 0 saturated carbocycles. The molecule has 2 aromatic carbocycles. The van der Waals surface area contributed by atoms with E-state index < -0.39 is 32.3 Å². The average molecular weight is 652 g/mol. The molecule has 0 aromatic heterocycles. The Balaban J connectivity index is 0.000000453. The largest absolute Gasteiger partial charge is 0.480 e. The number of halogens is 2. The predicted molar refractivity (Wildman–Crippen MR) is 171 cm³/mol. The molecule has 2 atom stereocenters. The van der Waals surface area contributed by atoms with Crippen LogP contribution in [0, 0.1) is 36.5 Å². The number of hydrogen-bond donors (Lipinski definition) is 5. The zero-order chi connectivity index (χ0) is 33.1. The monoisotopic (exact) mass is 650 g/mol. The number of aliphatic carboxylic acids is 2. The molecular formula is C30H40Cl2N4O6Si. The van der Waals surface area contributed by atoms with Crippen molar-refractivity contribution >= 4 is 54.8 Å². The molecule has 0 saturated heterocycles. The normalized spacial score (nSPS) is 12.6. The van der Waals surface area contributed by atoms with Crippen LogP contribution in [0.2, 0.25) is 28.2 Å². The van der Waals surface area contributed by atoms with E-state index in [1.807, 2.05) is 12.1 Å². The number of anilines is 2. The van der Waals surface area contributed by atoms with Crippen LogP contribution in [0.3, 0.4) is 0 Å². The number of carboxylic acids is 2. The van der Waals surface area contributed by atoms with Crippen molar-refractivity contribution < 1.29 is 29.3 Å². The molecule has 0 amide bonds. The van der Waals surface area contributed by atoms with Gasteiger partial charge in [0.05, 0.1) is 21.2 Å². The summed E-state index contributed by atoms with van der Waals surface area (Å²) >= 11 is 12.1. The van der Waals surface area contributed by atoms with Crippen LogP contribution in [0.1, 0.15) is 55.9 Å². The lowest BCUT2D eigenvalue weighted by molar-refractivity contribution is -0.139. The lowest BCUT2D eigenvalue weighted by Crippen LogP contribution is -2.42. The lowest BCUT2D eigenvalue weighted by atomic mass is 10.1. The molecule has 5 N–H and O–H groups in total. The number of carboxylic acid groups (broad SMARTS) is 2. The molecule has 2 aromatic rings. The van der Waals surface area contributed by atoms with Crippen LogP contribution >= 0.6 is 23.2 Å². The maximum absolute atomic E-state index is 11.6. The summed E-state index contributed by atoms with van der Waals surface area (Å²) in [5.41, 5.74) is 3.15. The Morgan fingerprint density at radius 3 is 1.60 bits per heavy atom. The number of nitrogens with zero attached hydrogens (tertiary/aromatic N) is 2. The van der Waals surface area contributed by atoms with Crippen molar-refractivity contribution in [3.05, 3.63) is 56.6 Å². The summed E-state index contributed by atoms with van der Waals surface area (Å²) in [5.74, 6) is -2.00. The van der Waals surface area contributed by atoms with Crippen LogP contribution in [-0.2, 0) is 14.0 Å². The van der Waals surface area contributed by atoms with Crippen molar-refractivity contribution in [2.75, 3.05) is 23.8 Å². The van der Waals surface area contributed by atoms with Crippen molar-refractivity contribution in [3.63, 3.8) is 0 Å². The molecule has 43 heavy (non-hydrogen) atoms. The molecule has 0 heterocycles. The maximum Gasteiger partial charge on any atom is 0.326 e. The van der Waals surface area contributed by atoms with Gasteiger partial charge in [0.15, 0.2) is 8.32 Å². The van der Waals surface area contributed by atoms with Crippen LogP contribution in [0.5, 0.6) is 0 Å². The number of aliphatic hydroxyl groups excluding tert-OH is 1. The summed E-state index contributed by atoms with van der Waals surface area (Å²) in [6, 6.07) is 8.68. The molecule has 0 aliphatic heterocycles. The van der Waals surface area contributed by atoms with Gasteiger partial charge in [0, 0.05) is 37.4 Å². The molecule has 0 bridgehead atoms. The van der Waals surface area contributed by atoms with Gasteiger partial charge in [0.1, 0.15) is 24.2 Å². The molecular weight excluding hydrogens is 611 g/mol. The fourth-order valence-electron chi connectivity index (χ4n) is 3.52. The molecule has 13 heteroatoms. The second-order valence-corrected chi connectivity index (χ2v) is 17.0. The molecule has 0 unspecified atom stereocenters. The smallest absolute Gasteiger partial charge is 0.326 e.